The summed E-state index contributed by atoms with van der Waals surface area (Å²) >= 11 is 1.92. The van der Waals surface area contributed by atoms with Crippen molar-refractivity contribution in [2.24, 2.45) is 7.05 Å². The molecule has 5 heteroatoms. The Kier molecular flexibility index (Phi) is 4.92. The summed E-state index contributed by atoms with van der Waals surface area (Å²) in [5, 5.41) is 9.90. The molecule has 0 bridgehead atoms. The Hall–Kier alpha value is -0.520. The summed E-state index contributed by atoms with van der Waals surface area (Å²) < 4.78 is 7.67. The molecule has 2 atom stereocenters. The molecule has 1 saturated heterocycles. The third-order valence-electron chi connectivity index (χ3n) is 3.55. The lowest BCUT2D eigenvalue weighted by Crippen LogP contribution is -2.22. The Morgan fingerprint density at radius 1 is 1.53 bits per heavy atom. The maximum absolute atomic E-state index is 5.66. The van der Waals surface area contributed by atoms with E-state index in [1.54, 1.807) is 0 Å². The van der Waals surface area contributed by atoms with Crippen LogP contribution in [0.4, 0.5) is 0 Å². The normalized spacial score (nSPS) is 23.5. The van der Waals surface area contributed by atoms with E-state index in [0.29, 0.717) is 17.4 Å². The fraction of sp³-hybridized carbons (Fsp3) is 0.786. The number of thioether (sulfide) groups is 1. The second-order valence-electron chi connectivity index (χ2n) is 5.55. The van der Waals surface area contributed by atoms with E-state index < -0.39 is 0 Å². The largest absolute Gasteiger partial charge is 0.377 e. The number of hydrogen-bond acceptors (Lipinski definition) is 4. The molecule has 1 aliphatic heterocycles. The predicted octanol–water partition coefficient (Wildman–Crippen LogP) is 2.50. The lowest BCUT2D eigenvalue weighted by Gasteiger charge is -2.15. The van der Waals surface area contributed by atoms with E-state index >= 15 is 0 Å². The minimum atomic E-state index is 0.339. The maximum atomic E-state index is 5.66. The van der Waals surface area contributed by atoms with Crippen LogP contribution in [0.3, 0.4) is 0 Å². The van der Waals surface area contributed by atoms with Crippen molar-refractivity contribution in [3.63, 3.8) is 0 Å². The maximum Gasteiger partial charge on any atom is 0.0988 e. The van der Waals surface area contributed by atoms with E-state index in [1.165, 1.54) is 10.6 Å². The average molecular weight is 283 g/mol. The number of nitrogens with zero attached hydrogens (tertiary/aromatic N) is 2. The van der Waals surface area contributed by atoms with Gasteiger partial charge in [-0.15, -0.1) is 11.8 Å². The van der Waals surface area contributed by atoms with Crippen molar-refractivity contribution in [2.45, 2.75) is 63.1 Å². The molecule has 0 spiro atoms. The average Bonchev–Trinajstić information content (AvgIpc) is 2.83. The van der Waals surface area contributed by atoms with Crippen LogP contribution < -0.4 is 5.32 Å². The predicted molar refractivity (Wildman–Crippen MR) is 79.6 cm³/mol. The summed E-state index contributed by atoms with van der Waals surface area (Å²) in [6.07, 6.45) is 1.47. The van der Waals surface area contributed by atoms with Crippen LogP contribution in [0.1, 0.15) is 38.4 Å². The number of aryl methyl sites for hydroxylation is 2. The fourth-order valence-corrected chi connectivity index (χ4v) is 3.67. The van der Waals surface area contributed by atoms with E-state index in [2.05, 4.69) is 38.1 Å². The molecule has 1 aromatic heterocycles. The highest BCUT2D eigenvalue weighted by Gasteiger charge is 2.27. The number of aromatic nitrogens is 2. The van der Waals surface area contributed by atoms with Gasteiger partial charge in [-0.1, -0.05) is 13.8 Å². The van der Waals surface area contributed by atoms with Crippen LogP contribution in [0, 0.1) is 6.92 Å². The van der Waals surface area contributed by atoms with Crippen LogP contribution in [-0.4, -0.2) is 33.8 Å². The van der Waals surface area contributed by atoms with Crippen molar-refractivity contribution in [3.05, 3.63) is 11.3 Å². The van der Waals surface area contributed by atoms with Crippen LogP contribution >= 0.6 is 11.8 Å². The summed E-state index contributed by atoms with van der Waals surface area (Å²) in [5.41, 5.74) is 2.46. The molecule has 108 valence electrons. The minimum Gasteiger partial charge on any atom is -0.377 e. The summed E-state index contributed by atoms with van der Waals surface area (Å²) in [6.45, 7) is 10.4. The second kappa shape index (κ2) is 6.29. The van der Waals surface area contributed by atoms with Crippen molar-refractivity contribution >= 4 is 11.8 Å². The van der Waals surface area contributed by atoms with Gasteiger partial charge in [0.2, 0.25) is 0 Å². The molecule has 4 nitrogen and oxygen atoms in total. The number of hydrogen-bond donors (Lipinski definition) is 1. The van der Waals surface area contributed by atoms with Gasteiger partial charge in [0, 0.05) is 37.1 Å². The Morgan fingerprint density at radius 3 is 2.84 bits per heavy atom. The zero-order valence-electron chi connectivity index (χ0n) is 12.6. The van der Waals surface area contributed by atoms with Crippen molar-refractivity contribution < 1.29 is 4.74 Å². The van der Waals surface area contributed by atoms with Crippen LogP contribution in [-0.2, 0) is 18.3 Å². The lowest BCUT2D eigenvalue weighted by molar-refractivity contribution is 0.127. The van der Waals surface area contributed by atoms with Gasteiger partial charge < -0.3 is 10.1 Å². The smallest absolute Gasteiger partial charge is 0.0988 e. The SMILES string of the molecule is Cc1nn(C)c(SC2CCOC2C)c1CNC(C)C. The molecule has 1 aliphatic rings. The minimum absolute atomic E-state index is 0.339. The number of ether oxygens (including phenoxy) is 1. The van der Waals surface area contributed by atoms with Gasteiger partial charge in [-0.25, -0.2) is 0 Å². The Balaban J connectivity index is 2.13. The van der Waals surface area contributed by atoms with Crippen LogP contribution in [0.15, 0.2) is 5.03 Å². The molecule has 2 unspecified atom stereocenters. The molecule has 0 aromatic carbocycles. The van der Waals surface area contributed by atoms with Crippen molar-refractivity contribution in [3.8, 4) is 0 Å². The Bertz CT molecular complexity index is 431. The molecule has 19 heavy (non-hydrogen) atoms. The first-order valence-corrected chi connectivity index (χ1v) is 7.91. The number of nitrogens with one attached hydrogen (secondary N) is 1. The molecule has 2 rings (SSSR count). The summed E-state index contributed by atoms with van der Waals surface area (Å²) in [6, 6.07) is 0.492. The molecular weight excluding hydrogens is 258 g/mol. The highest BCUT2D eigenvalue weighted by molar-refractivity contribution is 8.00. The van der Waals surface area contributed by atoms with E-state index in [-0.39, 0.29) is 0 Å². The molecule has 0 radical (unpaired) electrons. The van der Waals surface area contributed by atoms with Gasteiger partial charge in [0.05, 0.1) is 16.8 Å². The molecule has 0 saturated carbocycles. The summed E-state index contributed by atoms with van der Waals surface area (Å²) in [5.74, 6) is 0. The molecule has 2 heterocycles. The topological polar surface area (TPSA) is 39.1 Å². The van der Waals surface area contributed by atoms with Gasteiger partial charge in [-0.3, -0.25) is 4.68 Å². The van der Waals surface area contributed by atoms with Crippen molar-refractivity contribution in [1.29, 1.82) is 0 Å². The third kappa shape index (κ3) is 3.52. The van der Waals surface area contributed by atoms with Crippen molar-refractivity contribution in [2.75, 3.05) is 6.61 Å². The van der Waals surface area contributed by atoms with E-state index in [4.69, 9.17) is 4.74 Å². The Morgan fingerprint density at radius 2 is 2.26 bits per heavy atom. The Labute approximate surface area is 120 Å². The molecular formula is C14H25N3OS. The van der Waals surface area contributed by atoms with E-state index in [1.807, 2.05) is 23.5 Å². The molecule has 0 aliphatic carbocycles. The zero-order valence-corrected chi connectivity index (χ0v) is 13.4. The third-order valence-corrected chi connectivity index (χ3v) is 5.20. The fourth-order valence-electron chi connectivity index (χ4n) is 2.35. The van der Waals surface area contributed by atoms with Crippen LogP contribution in [0.5, 0.6) is 0 Å². The number of rotatable bonds is 5. The summed E-state index contributed by atoms with van der Waals surface area (Å²) in [4.78, 5) is 0. The van der Waals surface area contributed by atoms with Crippen LogP contribution in [0.2, 0.25) is 0 Å². The second-order valence-corrected chi connectivity index (χ2v) is 6.78. The van der Waals surface area contributed by atoms with Gasteiger partial charge in [-0.05, 0) is 20.3 Å². The van der Waals surface area contributed by atoms with Gasteiger partial charge in [0.25, 0.3) is 0 Å². The zero-order chi connectivity index (χ0) is 14.0. The first-order valence-electron chi connectivity index (χ1n) is 7.03. The molecule has 1 fully saturated rings. The monoisotopic (exact) mass is 283 g/mol. The molecule has 1 N–H and O–H groups in total. The summed E-state index contributed by atoms with van der Waals surface area (Å²) in [7, 11) is 2.04. The van der Waals surface area contributed by atoms with E-state index in [0.717, 1.165) is 25.3 Å². The lowest BCUT2D eigenvalue weighted by atomic mass is 10.2. The highest BCUT2D eigenvalue weighted by Crippen LogP contribution is 2.35. The van der Waals surface area contributed by atoms with Gasteiger partial charge >= 0.3 is 0 Å². The molecule has 0 amide bonds. The molecule has 1 aromatic rings. The highest BCUT2D eigenvalue weighted by atomic mass is 32.2. The first kappa shape index (κ1) is 14.9. The van der Waals surface area contributed by atoms with Gasteiger partial charge in [-0.2, -0.15) is 5.10 Å². The van der Waals surface area contributed by atoms with Gasteiger partial charge in [0.15, 0.2) is 0 Å². The quantitative estimate of drug-likeness (QED) is 0.901. The standard InChI is InChI=1S/C14H25N3OS/c1-9(2)15-8-12-10(3)16-17(5)14(12)19-13-6-7-18-11(13)4/h9,11,13,15H,6-8H2,1-5H3. The van der Waals surface area contributed by atoms with Gasteiger partial charge in [0.1, 0.15) is 0 Å². The first-order chi connectivity index (χ1) is 8.99. The van der Waals surface area contributed by atoms with E-state index in [9.17, 15) is 0 Å². The van der Waals surface area contributed by atoms with Crippen molar-refractivity contribution in [1.82, 2.24) is 15.1 Å². The van der Waals surface area contributed by atoms with Crippen LogP contribution in [0.25, 0.3) is 0 Å².